The minimum Gasteiger partial charge on any atom is -0.464 e. The molecule has 0 aliphatic carbocycles. The first kappa shape index (κ1) is 31.1. The third kappa shape index (κ3) is 7.52. The van der Waals surface area contributed by atoms with E-state index in [4.69, 9.17) is 21.3 Å². The summed E-state index contributed by atoms with van der Waals surface area (Å²) in [5.74, 6) is -0.155. The maximum Gasteiger partial charge on any atom is 0.311 e. The van der Waals surface area contributed by atoms with E-state index in [-0.39, 0.29) is 16.7 Å². The number of benzene rings is 2. The second-order valence-corrected chi connectivity index (χ2v) is 12.9. The summed E-state index contributed by atoms with van der Waals surface area (Å²) >= 11 is 5.86. The van der Waals surface area contributed by atoms with Gasteiger partial charge in [0.05, 0.1) is 16.5 Å². The van der Waals surface area contributed by atoms with Gasteiger partial charge in [-0.2, -0.15) is 5.10 Å². The van der Waals surface area contributed by atoms with Gasteiger partial charge in [0, 0.05) is 35.9 Å². The molecule has 2 aromatic heterocycles. The van der Waals surface area contributed by atoms with E-state index in [1.165, 1.54) is 18.2 Å². The van der Waals surface area contributed by atoms with Crippen molar-refractivity contribution >= 4 is 50.1 Å². The number of fused-ring (bicyclic) bond motifs is 1. The fourth-order valence-corrected chi connectivity index (χ4v) is 5.30. The number of halogens is 2. The second kappa shape index (κ2) is 12.6. The molecule has 2 aromatic carbocycles. The monoisotopic (exact) mass is 617 g/mol. The van der Waals surface area contributed by atoms with Crippen LogP contribution in [0.3, 0.4) is 0 Å². The number of hydrogen-bond donors (Lipinski definition) is 3. The number of aryl methyl sites for hydroxylation is 1. The van der Waals surface area contributed by atoms with Crippen LogP contribution in [0, 0.1) is 18.2 Å². The number of carbonyl (C=O) groups excluding carboxylic acids is 1. The standard InChI is InChI=1S/C28H33ClFN7O4S/c1-17-23-25(31-12-13-37(5)14-15-41-27(38)28(2,3)4)32-24(33-26(23)35-34-17)18-6-9-20(10-7-18)36-42(39,40)22-16-19(29)8-11-21(22)30/h6-11,16,36H,12-15H2,1-5H3,(H2,31,32,33,34,35). The third-order valence-corrected chi connectivity index (χ3v) is 7.91. The van der Waals surface area contributed by atoms with E-state index in [1.807, 2.05) is 39.6 Å². The van der Waals surface area contributed by atoms with Crippen molar-refractivity contribution in [1.29, 1.82) is 0 Å². The molecular weight excluding hydrogens is 585 g/mol. The molecule has 0 saturated carbocycles. The summed E-state index contributed by atoms with van der Waals surface area (Å²) in [5, 5.41) is 11.4. The Bertz CT molecular complexity index is 1690. The van der Waals surface area contributed by atoms with E-state index in [2.05, 4.69) is 25.2 Å². The normalized spacial score (nSPS) is 12.1. The Balaban J connectivity index is 1.45. The maximum atomic E-state index is 14.1. The van der Waals surface area contributed by atoms with Gasteiger partial charge in [0.2, 0.25) is 0 Å². The summed E-state index contributed by atoms with van der Waals surface area (Å²) in [5.41, 5.74) is 1.60. The first-order chi connectivity index (χ1) is 19.7. The zero-order valence-electron chi connectivity index (χ0n) is 24.0. The highest BCUT2D eigenvalue weighted by atomic mass is 35.5. The summed E-state index contributed by atoms with van der Waals surface area (Å²) in [4.78, 5) is 22.8. The number of H-pyrrole nitrogens is 1. The highest BCUT2D eigenvalue weighted by Crippen LogP contribution is 2.28. The van der Waals surface area contributed by atoms with Gasteiger partial charge in [-0.1, -0.05) is 11.6 Å². The Morgan fingerprint density at radius 3 is 2.52 bits per heavy atom. The Labute approximate surface area is 248 Å². The van der Waals surface area contributed by atoms with Crippen LogP contribution in [0.25, 0.3) is 22.4 Å². The molecule has 11 nitrogen and oxygen atoms in total. The number of sulfonamides is 1. The molecule has 4 aromatic rings. The fraction of sp³-hybridized carbons (Fsp3) is 0.357. The summed E-state index contributed by atoms with van der Waals surface area (Å²) in [6.07, 6.45) is 0. The van der Waals surface area contributed by atoms with E-state index >= 15 is 0 Å². The van der Waals surface area contributed by atoms with Gasteiger partial charge in [0.15, 0.2) is 11.5 Å². The van der Waals surface area contributed by atoms with Crippen LogP contribution < -0.4 is 10.0 Å². The van der Waals surface area contributed by atoms with Gasteiger partial charge in [-0.05, 0) is 77.2 Å². The number of carbonyl (C=O) groups is 1. The Hall–Kier alpha value is -3.81. The number of aromatic amines is 1. The summed E-state index contributed by atoms with van der Waals surface area (Å²) in [6, 6.07) is 9.72. The third-order valence-electron chi connectivity index (χ3n) is 6.28. The molecule has 0 fully saturated rings. The molecule has 0 radical (unpaired) electrons. The second-order valence-electron chi connectivity index (χ2n) is 10.8. The molecule has 224 valence electrons. The van der Waals surface area contributed by atoms with Crippen LogP contribution in [-0.4, -0.2) is 72.7 Å². The summed E-state index contributed by atoms with van der Waals surface area (Å²) < 4.78 is 47.3. The van der Waals surface area contributed by atoms with Crippen molar-refractivity contribution in [3.8, 4) is 11.4 Å². The smallest absolute Gasteiger partial charge is 0.311 e. The minimum absolute atomic E-state index is 0.103. The van der Waals surface area contributed by atoms with Gasteiger partial charge in [-0.25, -0.2) is 22.8 Å². The van der Waals surface area contributed by atoms with Crippen LogP contribution in [0.4, 0.5) is 15.9 Å². The van der Waals surface area contributed by atoms with Crippen molar-refractivity contribution in [2.75, 3.05) is 43.3 Å². The molecule has 2 heterocycles. The van der Waals surface area contributed by atoms with Crippen molar-refractivity contribution in [1.82, 2.24) is 25.1 Å². The zero-order valence-corrected chi connectivity index (χ0v) is 25.5. The molecule has 42 heavy (non-hydrogen) atoms. The number of anilines is 2. The maximum absolute atomic E-state index is 14.1. The molecule has 3 N–H and O–H groups in total. The number of hydrogen-bond acceptors (Lipinski definition) is 9. The topological polar surface area (TPSA) is 142 Å². The van der Waals surface area contributed by atoms with Gasteiger partial charge < -0.3 is 15.0 Å². The summed E-state index contributed by atoms with van der Waals surface area (Å²) in [7, 11) is -2.27. The van der Waals surface area contributed by atoms with Gasteiger partial charge >= 0.3 is 5.97 Å². The van der Waals surface area contributed by atoms with E-state index in [0.717, 1.165) is 23.2 Å². The predicted octanol–water partition coefficient (Wildman–Crippen LogP) is 4.85. The molecule has 0 atom stereocenters. The van der Waals surface area contributed by atoms with Crippen molar-refractivity contribution in [2.24, 2.45) is 5.41 Å². The number of rotatable bonds is 11. The SMILES string of the molecule is Cc1n[nH]c2nc(-c3ccc(NS(=O)(=O)c4cc(Cl)ccc4F)cc3)nc(NCCN(C)CCOC(=O)C(C)(C)C)c12. The van der Waals surface area contributed by atoms with Crippen molar-refractivity contribution in [3.63, 3.8) is 0 Å². The molecule has 0 saturated heterocycles. The van der Waals surface area contributed by atoms with E-state index in [1.54, 1.807) is 12.1 Å². The molecule has 0 aliphatic heterocycles. The van der Waals surface area contributed by atoms with Gasteiger partial charge in [0.25, 0.3) is 10.0 Å². The summed E-state index contributed by atoms with van der Waals surface area (Å²) in [6.45, 7) is 9.41. The molecular formula is C28H33ClFN7O4S. The number of aromatic nitrogens is 4. The highest BCUT2D eigenvalue weighted by Gasteiger charge is 2.23. The lowest BCUT2D eigenvalue weighted by Gasteiger charge is -2.20. The average molecular weight is 618 g/mol. The molecule has 0 spiro atoms. The first-order valence-corrected chi connectivity index (χ1v) is 15.0. The van der Waals surface area contributed by atoms with Crippen LogP contribution in [-0.2, 0) is 19.6 Å². The largest absolute Gasteiger partial charge is 0.464 e. The number of nitrogens with zero attached hydrogens (tertiary/aromatic N) is 4. The van der Waals surface area contributed by atoms with Crippen molar-refractivity contribution in [3.05, 3.63) is 59.0 Å². The fourth-order valence-electron chi connectivity index (χ4n) is 3.90. The number of nitrogens with one attached hydrogen (secondary N) is 3. The highest BCUT2D eigenvalue weighted by molar-refractivity contribution is 7.92. The predicted molar refractivity (Wildman–Crippen MR) is 160 cm³/mol. The van der Waals surface area contributed by atoms with Gasteiger partial charge in [-0.3, -0.25) is 14.6 Å². The Morgan fingerprint density at radius 2 is 1.83 bits per heavy atom. The quantitative estimate of drug-likeness (QED) is 0.201. The zero-order chi connectivity index (χ0) is 30.7. The first-order valence-electron chi connectivity index (χ1n) is 13.2. The molecule has 14 heteroatoms. The Morgan fingerprint density at radius 1 is 1.12 bits per heavy atom. The number of ether oxygens (including phenoxy) is 1. The lowest BCUT2D eigenvalue weighted by Crippen LogP contribution is -2.31. The average Bonchev–Trinajstić information content (AvgIpc) is 3.30. The molecule has 0 amide bonds. The van der Waals surface area contributed by atoms with Crippen LogP contribution >= 0.6 is 11.6 Å². The molecule has 0 bridgehead atoms. The lowest BCUT2D eigenvalue weighted by molar-refractivity contribution is -0.153. The lowest BCUT2D eigenvalue weighted by atomic mass is 9.97. The van der Waals surface area contributed by atoms with E-state index in [0.29, 0.717) is 49.1 Å². The Kier molecular flexibility index (Phi) is 9.34. The van der Waals surface area contributed by atoms with Crippen LogP contribution in [0.2, 0.25) is 5.02 Å². The number of likely N-dealkylation sites (N-methyl/N-ethyl adjacent to an activating group) is 1. The van der Waals surface area contributed by atoms with Gasteiger partial charge in [0.1, 0.15) is 23.1 Å². The van der Waals surface area contributed by atoms with E-state index < -0.39 is 26.2 Å². The van der Waals surface area contributed by atoms with Crippen LogP contribution in [0.5, 0.6) is 0 Å². The van der Waals surface area contributed by atoms with Crippen LogP contribution in [0.1, 0.15) is 26.5 Å². The molecule has 0 aliphatic rings. The van der Waals surface area contributed by atoms with Gasteiger partial charge in [-0.15, -0.1) is 0 Å². The van der Waals surface area contributed by atoms with Crippen LogP contribution in [0.15, 0.2) is 47.4 Å². The molecule has 0 unspecified atom stereocenters. The minimum atomic E-state index is -4.20. The van der Waals surface area contributed by atoms with E-state index in [9.17, 15) is 17.6 Å². The number of esters is 1. The van der Waals surface area contributed by atoms with Crippen molar-refractivity contribution in [2.45, 2.75) is 32.6 Å². The van der Waals surface area contributed by atoms with Crippen molar-refractivity contribution < 1.29 is 22.3 Å². The molecule has 4 rings (SSSR count).